The molecule has 0 fully saturated rings. The van der Waals surface area contributed by atoms with Crippen LogP contribution in [-0.2, 0) is 0 Å². The van der Waals surface area contributed by atoms with Gasteiger partial charge in [0.05, 0.1) is 11.8 Å². The number of furan rings is 1. The zero-order valence-corrected chi connectivity index (χ0v) is 11.3. The molecular formula is C12H12Cl2N2O. The van der Waals surface area contributed by atoms with E-state index in [0.717, 1.165) is 16.9 Å². The van der Waals surface area contributed by atoms with Gasteiger partial charge in [-0.25, -0.2) is 9.97 Å². The molecule has 5 heteroatoms. The van der Waals surface area contributed by atoms with Crippen LogP contribution in [0.4, 0.5) is 0 Å². The van der Waals surface area contributed by atoms with Crippen LogP contribution in [0.15, 0.2) is 16.7 Å². The van der Waals surface area contributed by atoms with E-state index in [2.05, 4.69) is 9.97 Å². The van der Waals surface area contributed by atoms with E-state index >= 15 is 0 Å². The summed E-state index contributed by atoms with van der Waals surface area (Å²) >= 11 is 12.3. The number of aryl methyl sites for hydroxylation is 1. The highest BCUT2D eigenvalue weighted by Gasteiger charge is 2.17. The van der Waals surface area contributed by atoms with Gasteiger partial charge in [-0.15, -0.1) is 0 Å². The lowest BCUT2D eigenvalue weighted by atomic mass is 10.1. The minimum absolute atomic E-state index is 0.189. The third kappa shape index (κ3) is 2.31. The number of rotatable bonds is 2. The highest BCUT2D eigenvalue weighted by atomic mass is 35.5. The van der Waals surface area contributed by atoms with Gasteiger partial charge in [0.1, 0.15) is 16.1 Å². The van der Waals surface area contributed by atoms with Gasteiger partial charge in [-0.3, -0.25) is 0 Å². The van der Waals surface area contributed by atoms with E-state index in [0.29, 0.717) is 16.1 Å². The maximum Gasteiger partial charge on any atom is 0.166 e. The van der Waals surface area contributed by atoms with Crippen molar-refractivity contribution in [2.75, 3.05) is 0 Å². The minimum atomic E-state index is 0.189. The highest BCUT2D eigenvalue weighted by molar-refractivity contribution is 6.34. The van der Waals surface area contributed by atoms with Gasteiger partial charge in [0.15, 0.2) is 5.82 Å². The van der Waals surface area contributed by atoms with Gasteiger partial charge >= 0.3 is 0 Å². The van der Waals surface area contributed by atoms with Gasteiger partial charge < -0.3 is 4.42 Å². The van der Waals surface area contributed by atoms with Crippen molar-refractivity contribution < 1.29 is 4.42 Å². The summed E-state index contributed by atoms with van der Waals surface area (Å²) in [6, 6.07) is 1.80. The third-order valence-electron chi connectivity index (χ3n) is 2.53. The molecule has 0 bridgehead atoms. The highest BCUT2D eigenvalue weighted by Crippen LogP contribution is 2.31. The molecule has 0 N–H and O–H groups in total. The number of nitrogens with zero attached hydrogens (tertiary/aromatic N) is 2. The predicted molar refractivity (Wildman–Crippen MR) is 68.6 cm³/mol. The monoisotopic (exact) mass is 270 g/mol. The number of hydrogen-bond acceptors (Lipinski definition) is 3. The first-order valence-corrected chi connectivity index (χ1v) is 6.03. The zero-order chi connectivity index (χ0) is 12.6. The summed E-state index contributed by atoms with van der Waals surface area (Å²) in [7, 11) is 0. The lowest BCUT2D eigenvalue weighted by Crippen LogP contribution is -1.99. The fourth-order valence-corrected chi connectivity index (χ4v) is 2.45. The van der Waals surface area contributed by atoms with Crippen LogP contribution in [0.1, 0.15) is 31.1 Å². The molecule has 3 nitrogen and oxygen atoms in total. The number of halogens is 2. The van der Waals surface area contributed by atoms with Gasteiger partial charge in [-0.05, 0) is 18.9 Å². The molecule has 0 saturated heterocycles. The summed E-state index contributed by atoms with van der Waals surface area (Å²) in [4.78, 5) is 8.54. The topological polar surface area (TPSA) is 38.9 Å². The molecule has 0 unspecified atom stereocenters. The predicted octanol–water partition coefficient (Wildman–Crippen LogP) is 4.48. The molecule has 2 aromatic rings. The molecule has 17 heavy (non-hydrogen) atoms. The van der Waals surface area contributed by atoms with Crippen LogP contribution in [0.2, 0.25) is 10.3 Å². The Hall–Kier alpha value is -1.06. The fourth-order valence-electron chi connectivity index (χ4n) is 1.63. The second kappa shape index (κ2) is 4.67. The maximum atomic E-state index is 6.13. The summed E-state index contributed by atoms with van der Waals surface area (Å²) in [6.45, 7) is 5.84. The van der Waals surface area contributed by atoms with Gasteiger partial charge in [-0.2, -0.15) is 0 Å². The average molecular weight is 271 g/mol. The molecule has 0 amide bonds. The Morgan fingerprint density at radius 3 is 2.18 bits per heavy atom. The van der Waals surface area contributed by atoms with Crippen molar-refractivity contribution in [1.29, 1.82) is 0 Å². The van der Waals surface area contributed by atoms with Gasteiger partial charge in [0.25, 0.3) is 0 Å². The average Bonchev–Trinajstić information content (AvgIpc) is 2.62. The van der Waals surface area contributed by atoms with E-state index in [1.54, 1.807) is 12.3 Å². The second-order valence-electron chi connectivity index (χ2n) is 4.09. The van der Waals surface area contributed by atoms with Crippen molar-refractivity contribution in [1.82, 2.24) is 9.97 Å². The van der Waals surface area contributed by atoms with Crippen LogP contribution in [0.3, 0.4) is 0 Å². The Bertz CT molecular complexity index is 526. The first-order valence-electron chi connectivity index (χ1n) is 5.28. The zero-order valence-electron chi connectivity index (χ0n) is 9.79. The number of aromatic nitrogens is 2. The van der Waals surface area contributed by atoms with E-state index in [-0.39, 0.29) is 5.92 Å². The third-order valence-corrected chi connectivity index (χ3v) is 3.11. The quantitative estimate of drug-likeness (QED) is 0.756. The number of hydrogen-bond donors (Lipinski definition) is 0. The molecule has 0 radical (unpaired) electrons. The summed E-state index contributed by atoms with van der Waals surface area (Å²) in [6.07, 6.45) is 1.59. The molecule has 0 aliphatic carbocycles. The van der Waals surface area contributed by atoms with Crippen molar-refractivity contribution in [3.05, 3.63) is 34.0 Å². The van der Waals surface area contributed by atoms with Gasteiger partial charge in [0.2, 0.25) is 0 Å². The standard InChI is InChI=1S/C12H12Cl2N2O/c1-6(2)9-10(13)15-12(16-11(9)14)8-4-5-17-7(8)3/h4-6H,1-3H3. The summed E-state index contributed by atoms with van der Waals surface area (Å²) < 4.78 is 5.21. The molecule has 0 aliphatic rings. The van der Waals surface area contributed by atoms with Crippen molar-refractivity contribution >= 4 is 23.2 Å². The Morgan fingerprint density at radius 2 is 1.76 bits per heavy atom. The summed E-state index contributed by atoms with van der Waals surface area (Å²) in [5, 5.41) is 0.797. The van der Waals surface area contributed by atoms with Crippen molar-refractivity contribution in [3.8, 4) is 11.4 Å². The Balaban J connectivity index is 2.57. The fraction of sp³-hybridized carbons (Fsp3) is 0.333. The van der Waals surface area contributed by atoms with Crippen molar-refractivity contribution in [3.63, 3.8) is 0 Å². The molecule has 2 rings (SSSR count). The van der Waals surface area contributed by atoms with Crippen LogP contribution >= 0.6 is 23.2 Å². The van der Waals surface area contributed by atoms with E-state index in [1.165, 1.54) is 0 Å². The summed E-state index contributed by atoms with van der Waals surface area (Å²) in [5.41, 5.74) is 1.59. The first-order chi connectivity index (χ1) is 8.00. The SMILES string of the molecule is Cc1occc1-c1nc(Cl)c(C(C)C)c(Cl)n1. The molecule has 2 heterocycles. The van der Waals surface area contributed by atoms with Crippen LogP contribution in [0.25, 0.3) is 11.4 Å². The van der Waals surface area contributed by atoms with E-state index in [4.69, 9.17) is 27.6 Å². The maximum absolute atomic E-state index is 6.13. The molecular weight excluding hydrogens is 259 g/mol. The lowest BCUT2D eigenvalue weighted by molar-refractivity contribution is 0.535. The molecule has 0 aromatic carbocycles. The molecule has 0 spiro atoms. The van der Waals surface area contributed by atoms with E-state index < -0.39 is 0 Å². The molecule has 90 valence electrons. The Kier molecular flexibility index (Phi) is 3.40. The lowest BCUT2D eigenvalue weighted by Gasteiger charge is -2.10. The van der Waals surface area contributed by atoms with E-state index in [9.17, 15) is 0 Å². The van der Waals surface area contributed by atoms with Gasteiger partial charge in [0, 0.05) is 5.56 Å². The van der Waals surface area contributed by atoms with Crippen LogP contribution in [0.5, 0.6) is 0 Å². The molecule has 0 aliphatic heterocycles. The minimum Gasteiger partial charge on any atom is -0.469 e. The van der Waals surface area contributed by atoms with Crippen LogP contribution in [-0.4, -0.2) is 9.97 Å². The molecule has 0 atom stereocenters. The van der Waals surface area contributed by atoms with Crippen LogP contribution in [0, 0.1) is 6.92 Å². The largest absolute Gasteiger partial charge is 0.469 e. The van der Waals surface area contributed by atoms with E-state index in [1.807, 2.05) is 20.8 Å². The van der Waals surface area contributed by atoms with Crippen molar-refractivity contribution in [2.45, 2.75) is 26.7 Å². The second-order valence-corrected chi connectivity index (χ2v) is 4.80. The molecule has 2 aromatic heterocycles. The molecule has 0 saturated carbocycles. The summed E-state index contributed by atoms with van der Waals surface area (Å²) in [5.74, 6) is 1.43. The Labute approximate surface area is 110 Å². The van der Waals surface area contributed by atoms with Gasteiger partial charge in [-0.1, -0.05) is 37.0 Å². The Morgan fingerprint density at radius 1 is 1.18 bits per heavy atom. The van der Waals surface area contributed by atoms with Crippen LogP contribution < -0.4 is 0 Å². The first kappa shape index (κ1) is 12.4. The normalized spacial score (nSPS) is 11.2. The smallest absolute Gasteiger partial charge is 0.166 e. The van der Waals surface area contributed by atoms with Crippen molar-refractivity contribution in [2.24, 2.45) is 0 Å².